The number of rotatable bonds is 3. The maximum Gasteiger partial charge on any atom is 0.223 e. The second kappa shape index (κ2) is 6.32. The Balaban J connectivity index is 1.81. The Kier molecular flexibility index (Phi) is 4.26. The van der Waals surface area contributed by atoms with Crippen molar-refractivity contribution in [3.8, 4) is 10.6 Å². The molecule has 3 heterocycles. The standard InChI is InChI=1S/C15H18N4OS/c1-10(20)18-15-17-9-14(21-15)13-6-2-5-12(19-13)11-4-3-7-16-8-11/h2,5-6,9,11,16H,3-4,7-8H2,1H3,(H,17,18,20)/t11-/m0/s1. The van der Waals surface area contributed by atoms with Crippen LogP contribution in [0.25, 0.3) is 10.6 Å². The van der Waals surface area contributed by atoms with E-state index in [-0.39, 0.29) is 5.91 Å². The van der Waals surface area contributed by atoms with Gasteiger partial charge < -0.3 is 10.6 Å². The van der Waals surface area contributed by atoms with E-state index in [1.807, 2.05) is 12.1 Å². The van der Waals surface area contributed by atoms with E-state index in [0.29, 0.717) is 11.0 Å². The number of nitrogens with zero attached hydrogens (tertiary/aromatic N) is 2. The smallest absolute Gasteiger partial charge is 0.223 e. The van der Waals surface area contributed by atoms with Crippen molar-refractivity contribution in [1.82, 2.24) is 15.3 Å². The highest BCUT2D eigenvalue weighted by Gasteiger charge is 2.17. The molecule has 2 aromatic heterocycles. The molecule has 21 heavy (non-hydrogen) atoms. The van der Waals surface area contributed by atoms with Crippen molar-refractivity contribution >= 4 is 22.4 Å². The fraction of sp³-hybridized carbons (Fsp3) is 0.400. The summed E-state index contributed by atoms with van der Waals surface area (Å²) >= 11 is 1.45. The molecule has 0 saturated carbocycles. The number of nitrogens with one attached hydrogen (secondary N) is 2. The summed E-state index contributed by atoms with van der Waals surface area (Å²) in [6.45, 7) is 3.58. The van der Waals surface area contributed by atoms with E-state index >= 15 is 0 Å². The summed E-state index contributed by atoms with van der Waals surface area (Å²) in [5.41, 5.74) is 2.06. The zero-order chi connectivity index (χ0) is 14.7. The molecule has 1 atom stereocenters. The fourth-order valence-corrected chi connectivity index (χ4v) is 3.35. The topological polar surface area (TPSA) is 66.9 Å². The van der Waals surface area contributed by atoms with Crippen LogP contribution < -0.4 is 10.6 Å². The van der Waals surface area contributed by atoms with Gasteiger partial charge in [-0.05, 0) is 31.5 Å². The summed E-state index contributed by atoms with van der Waals surface area (Å²) in [6.07, 6.45) is 4.15. The van der Waals surface area contributed by atoms with Gasteiger partial charge in [-0.3, -0.25) is 9.78 Å². The van der Waals surface area contributed by atoms with Crippen molar-refractivity contribution < 1.29 is 4.79 Å². The SMILES string of the molecule is CC(=O)Nc1ncc(-c2cccc([C@H]3CCCNC3)n2)s1. The Hall–Kier alpha value is -1.79. The molecule has 1 saturated heterocycles. The van der Waals surface area contributed by atoms with Gasteiger partial charge >= 0.3 is 0 Å². The number of piperidine rings is 1. The van der Waals surface area contributed by atoms with Crippen LogP contribution in [-0.4, -0.2) is 29.0 Å². The van der Waals surface area contributed by atoms with Crippen molar-refractivity contribution in [2.45, 2.75) is 25.7 Å². The summed E-state index contributed by atoms with van der Waals surface area (Å²) in [7, 11) is 0. The molecular weight excluding hydrogens is 284 g/mol. The number of carbonyl (C=O) groups is 1. The summed E-state index contributed by atoms with van der Waals surface area (Å²) in [4.78, 5) is 21.0. The van der Waals surface area contributed by atoms with Crippen LogP contribution in [0.3, 0.4) is 0 Å². The highest BCUT2D eigenvalue weighted by Crippen LogP contribution is 2.29. The molecule has 0 radical (unpaired) electrons. The van der Waals surface area contributed by atoms with E-state index < -0.39 is 0 Å². The van der Waals surface area contributed by atoms with E-state index in [4.69, 9.17) is 4.98 Å². The van der Waals surface area contributed by atoms with E-state index in [1.165, 1.54) is 31.1 Å². The highest BCUT2D eigenvalue weighted by molar-refractivity contribution is 7.19. The Bertz CT molecular complexity index is 634. The molecule has 0 unspecified atom stereocenters. The molecule has 3 rings (SSSR count). The van der Waals surface area contributed by atoms with Gasteiger partial charge in [0.1, 0.15) is 0 Å². The molecule has 6 heteroatoms. The zero-order valence-corrected chi connectivity index (χ0v) is 12.7. The second-order valence-corrected chi connectivity index (χ2v) is 6.23. The predicted octanol–water partition coefficient (Wildman–Crippen LogP) is 2.63. The summed E-state index contributed by atoms with van der Waals surface area (Å²) in [5, 5.41) is 6.74. The first-order valence-corrected chi connectivity index (χ1v) is 7.95. The second-order valence-electron chi connectivity index (χ2n) is 5.20. The van der Waals surface area contributed by atoms with E-state index in [2.05, 4.69) is 21.7 Å². The first-order valence-electron chi connectivity index (χ1n) is 7.14. The lowest BCUT2D eigenvalue weighted by Crippen LogP contribution is -2.28. The van der Waals surface area contributed by atoms with Gasteiger partial charge in [0.05, 0.1) is 10.6 Å². The van der Waals surface area contributed by atoms with Crippen molar-refractivity contribution in [3.05, 3.63) is 30.1 Å². The monoisotopic (exact) mass is 302 g/mol. The minimum atomic E-state index is -0.106. The quantitative estimate of drug-likeness (QED) is 0.914. The molecule has 0 aromatic carbocycles. The van der Waals surface area contributed by atoms with Crippen molar-refractivity contribution in [2.75, 3.05) is 18.4 Å². The van der Waals surface area contributed by atoms with E-state index in [9.17, 15) is 4.79 Å². The van der Waals surface area contributed by atoms with Gasteiger partial charge in [0.15, 0.2) is 5.13 Å². The van der Waals surface area contributed by atoms with Crippen molar-refractivity contribution in [2.24, 2.45) is 0 Å². The predicted molar refractivity (Wildman–Crippen MR) is 84.5 cm³/mol. The van der Waals surface area contributed by atoms with E-state index in [0.717, 1.165) is 29.4 Å². The average molecular weight is 302 g/mol. The number of amides is 1. The summed E-state index contributed by atoms with van der Waals surface area (Å²) in [6, 6.07) is 6.13. The molecule has 5 nitrogen and oxygen atoms in total. The normalized spacial score (nSPS) is 18.4. The number of anilines is 1. The van der Waals surface area contributed by atoms with E-state index in [1.54, 1.807) is 6.20 Å². The zero-order valence-electron chi connectivity index (χ0n) is 11.9. The van der Waals surface area contributed by atoms with Crippen LogP contribution in [0, 0.1) is 0 Å². The lowest BCUT2D eigenvalue weighted by molar-refractivity contribution is -0.114. The Morgan fingerprint density at radius 3 is 3.14 bits per heavy atom. The lowest BCUT2D eigenvalue weighted by Gasteiger charge is -2.22. The molecule has 0 bridgehead atoms. The Labute approximate surface area is 127 Å². The van der Waals surface area contributed by atoms with Gasteiger partial charge in [-0.25, -0.2) is 4.98 Å². The van der Waals surface area contributed by atoms with Crippen LogP contribution in [0.1, 0.15) is 31.4 Å². The molecule has 0 spiro atoms. The third-order valence-electron chi connectivity index (χ3n) is 3.53. The van der Waals surface area contributed by atoms with Gasteiger partial charge in [-0.2, -0.15) is 0 Å². The third-order valence-corrected chi connectivity index (χ3v) is 4.46. The van der Waals surface area contributed by atoms with Crippen LogP contribution in [0.5, 0.6) is 0 Å². The molecule has 1 aliphatic rings. The van der Waals surface area contributed by atoms with Crippen LogP contribution in [0.2, 0.25) is 0 Å². The Morgan fingerprint density at radius 1 is 1.48 bits per heavy atom. The maximum absolute atomic E-state index is 11.1. The largest absolute Gasteiger partial charge is 0.316 e. The van der Waals surface area contributed by atoms with Crippen molar-refractivity contribution in [1.29, 1.82) is 0 Å². The van der Waals surface area contributed by atoms with Crippen molar-refractivity contribution in [3.63, 3.8) is 0 Å². The van der Waals surface area contributed by atoms with Gasteiger partial charge in [0.2, 0.25) is 5.91 Å². The van der Waals surface area contributed by atoms with Gasteiger partial charge in [-0.1, -0.05) is 17.4 Å². The van der Waals surface area contributed by atoms with Gasteiger partial charge in [-0.15, -0.1) is 0 Å². The molecule has 2 aromatic rings. The third kappa shape index (κ3) is 3.46. The molecular formula is C15H18N4OS. The maximum atomic E-state index is 11.1. The van der Waals surface area contributed by atoms with Crippen LogP contribution in [-0.2, 0) is 4.79 Å². The number of carbonyl (C=O) groups excluding carboxylic acids is 1. The summed E-state index contributed by atoms with van der Waals surface area (Å²) in [5.74, 6) is 0.382. The van der Waals surface area contributed by atoms with Crippen LogP contribution >= 0.6 is 11.3 Å². The number of aromatic nitrogens is 2. The fourth-order valence-electron chi connectivity index (χ4n) is 2.52. The first kappa shape index (κ1) is 14.2. The molecule has 1 fully saturated rings. The number of hydrogen-bond donors (Lipinski definition) is 2. The molecule has 1 aliphatic heterocycles. The number of hydrogen-bond acceptors (Lipinski definition) is 5. The van der Waals surface area contributed by atoms with Crippen LogP contribution in [0.15, 0.2) is 24.4 Å². The Morgan fingerprint density at radius 2 is 2.38 bits per heavy atom. The molecule has 2 N–H and O–H groups in total. The molecule has 1 amide bonds. The molecule has 0 aliphatic carbocycles. The van der Waals surface area contributed by atoms with Crippen LogP contribution in [0.4, 0.5) is 5.13 Å². The van der Waals surface area contributed by atoms with Gasteiger partial charge in [0, 0.05) is 31.3 Å². The highest BCUT2D eigenvalue weighted by atomic mass is 32.1. The van der Waals surface area contributed by atoms with Gasteiger partial charge in [0.25, 0.3) is 0 Å². The number of thiazole rings is 1. The summed E-state index contributed by atoms with van der Waals surface area (Å²) < 4.78 is 0. The molecule has 110 valence electrons. The average Bonchev–Trinajstić information content (AvgIpc) is 2.96. The first-order chi connectivity index (χ1) is 10.2. The minimum absolute atomic E-state index is 0.106. The lowest BCUT2D eigenvalue weighted by atomic mass is 9.95. The minimum Gasteiger partial charge on any atom is -0.316 e. The number of pyridine rings is 1.